The number of carbonyl (C=O) groups is 2. The fourth-order valence-electron chi connectivity index (χ4n) is 2.70. The molecule has 0 aromatic heterocycles. The molecule has 146 valence electrons. The minimum atomic E-state index is -2.95. The molecule has 1 N–H and O–H groups in total. The summed E-state index contributed by atoms with van der Waals surface area (Å²) in [4.78, 5) is 44.3. The van der Waals surface area contributed by atoms with Gasteiger partial charge in [0.1, 0.15) is 6.04 Å². The Bertz CT molecular complexity index is 913. The van der Waals surface area contributed by atoms with Crippen molar-refractivity contribution in [2.45, 2.75) is 25.6 Å². The van der Waals surface area contributed by atoms with E-state index in [-0.39, 0.29) is 22.6 Å². The highest BCUT2D eigenvalue weighted by atomic mass is 19.1. The van der Waals surface area contributed by atoms with Crippen LogP contribution in [-0.4, -0.2) is 27.1 Å². The number of benzene rings is 2. The molecule has 10 heteroatoms. The van der Waals surface area contributed by atoms with E-state index >= 15 is 4.39 Å². The summed E-state index contributed by atoms with van der Waals surface area (Å²) >= 11 is 0. The Hall–Kier alpha value is -3.69. The number of Topliss-reactive ketones (excluding diaryl/α,β-unsaturated/α-hetero) is 2. The molecule has 2 rings (SSSR count). The Morgan fingerprint density at radius 2 is 1.29 bits per heavy atom. The van der Waals surface area contributed by atoms with Gasteiger partial charge in [0, 0.05) is 30.0 Å². The Morgan fingerprint density at radius 1 is 0.893 bits per heavy atom. The maximum Gasteiger partial charge on any atom is 0.269 e. The third kappa shape index (κ3) is 4.00. The van der Waals surface area contributed by atoms with Crippen molar-refractivity contribution in [3.8, 4) is 0 Å². The highest BCUT2D eigenvalue weighted by Crippen LogP contribution is 2.36. The third-order valence-electron chi connectivity index (χ3n) is 4.25. The number of nitrogens with zero attached hydrogens (tertiary/aromatic N) is 2. The molecule has 0 aliphatic carbocycles. The predicted octanol–water partition coefficient (Wildman–Crippen LogP) is 3.54. The van der Waals surface area contributed by atoms with E-state index in [1.165, 1.54) is 36.4 Å². The zero-order chi connectivity index (χ0) is 21.1. The maximum absolute atomic E-state index is 15.5. The van der Waals surface area contributed by atoms with Crippen molar-refractivity contribution in [3.63, 3.8) is 0 Å². The number of nitro benzene ring substituents is 2. The van der Waals surface area contributed by atoms with Crippen molar-refractivity contribution in [3.05, 3.63) is 74.3 Å². The maximum atomic E-state index is 15.5. The zero-order valence-corrected chi connectivity index (χ0v) is 14.9. The standard InChI is InChI=1S/C18H16FN3O6/c1-11(23)18(19,12(2)24)17(13-3-7-15(8-4-13)21(25)26)20-14-5-9-16(10-6-14)22(27)28/h3-10,17,20H,1-2H3. The number of anilines is 1. The van der Waals surface area contributed by atoms with E-state index in [4.69, 9.17) is 0 Å². The van der Waals surface area contributed by atoms with Crippen LogP contribution in [0.15, 0.2) is 48.5 Å². The first-order valence-corrected chi connectivity index (χ1v) is 8.03. The Balaban J connectivity index is 2.52. The number of ketones is 2. The minimum Gasteiger partial charge on any atom is -0.374 e. The summed E-state index contributed by atoms with van der Waals surface area (Å²) in [5.41, 5.74) is -3.04. The number of nitro groups is 2. The van der Waals surface area contributed by atoms with Crippen LogP contribution in [0.1, 0.15) is 25.5 Å². The lowest BCUT2D eigenvalue weighted by atomic mass is 9.83. The fourth-order valence-corrected chi connectivity index (χ4v) is 2.70. The number of hydrogen-bond acceptors (Lipinski definition) is 7. The van der Waals surface area contributed by atoms with Crippen molar-refractivity contribution in [2.75, 3.05) is 5.32 Å². The van der Waals surface area contributed by atoms with Crippen molar-refractivity contribution in [2.24, 2.45) is 0 Å². The van der Waals surface area contributed by atoms with Gasteiger partial charge in [0.15, 0.2) is 11.6 Å². The number of carbonyl (C=O) groups excluding carboxylic acids is 2. The molecule has 0 saturated heterocycles. The molecule has 28 heavy (non-hydrogen) atoms. The zero-order valence-electron chi connectivity index (χ0n) is 14.9. The lowest BCUT2D eigenvalue weighted by Gasteiger charge is -2.31. The minimum absolute atomic E-state index is 0.122. The van der Waals surface area contributed by atoms with E-state index in [0.717, 1.165) is 26.0 Å². The quantitative estimate of drug-likeness (QED) is 0.415. The van der Waals surface area contributed by atoms with Gasteiger partial charge in [0.25, 0.3) is 11.4 Å². The van der Waals surface area contributed by atoms with Crippen LogP contribution in [0.4, 0.5) is 21.5 Å². The predicted molar refractivity (Wildman–Crippen MR) is 97.8 cm³/mol. The third-order valence-corrected chi connectivity index (χ3v) is 4.25. The second kappa shape index (κ2) is 7.91. The second-order valence-corrected chi connectivity index (χ2v) is 6.05. The van der Waals surface area contributed by atoms with Crippen LogP contribution in [0.2, 0.25) is 0 Å². The molecule has 0 aliphatic rings. The number of nitrogens with one attached hydrogen (secondary N) is 1. The monoisotopic (exact) mass is 389 g/mol. The Kier molecular flexibility index (Phi) is 5.82. The van der Waals surface area contributed by atoms with Crippen LogP contribution >= 0.6 is 0 Å². The van der Waals surface area contributed by atoms with Crippen molar-refractivity contribution in [1.29, 1.82) is 0 Å². The van der Waals surface area contributed by atoms with Crippen molar-refractivity contribution in [1.82, 2.24) is 0 Å². The van der Waals surface area contributed by atoms with E-state index in [0.29, 0.717) is 0 Å². The number of non-ortho nitro benzene ring substituents is 2. The molecule has 0 amide bonds. The van der Waals surface area contributed by atoms with Gasteiger partial charge in [-0.3, -0.25) is 29.8 Å². The SMILES string of the molecule is CC(=O)C(F)(C(C)=O)C(Nc1ccc([N+](=O)[O-])cc1)c1ccc([N+](=O)[O-])cc1. The lowest BCUT2D eigenvalue weighted by Crippen LogP contribution is -2.48. The molecule has 0 fully saturated rings. The summed E-state index contributed by atoms with van der Waals surface area (Å²) in [5, 5.41) is 24.3. The molecule has 1 atom stereocenters. The number of hydrogen-bond donors (Lipinski definition) is 1. The van der Waals surface area contributed by atoms with Gasteiger partial charge in [0.05, 0.1) is 9.85 Å². The largest absolute Gasteiger partial charge is 0.374 e. The van der Waals surface area contributed by atoms with Gasteiger partial charge in [0.2, 0.25) is 5.67 Å². The smallest absolute Gasteiger partial charge is 0.269 e. The molecule has 2 aromatic rings. The van der Waals surface area contributed by atoms with Crippen LogP contribution in [0, 0.1) is 20.2 Å². The summed E-state index contributed by atoms with van der Waals surface area (Å²) in [5.74, 6) is -2.09. The van der Waals surface area contributed by atoms with Gasteiger partial charge >= 0.3 is 0 Å². The molecule has 1 unspecified atom stereocenters. The summed E-state index contributed by atoms with van der Waals surface area (Å²) < 4.78 is 15.5. The number of alkyl halides is 1. The molecule has 9 nitrogen and oxygen atoms in total. The first-order chi connectivity index (χ1) is 13.1. The molecular weight excluding hydrogens is 373 g/mol. The average Bonchev–Trinajstić information content (AvgIpc) is 2.65. The lowest BCUT2D eigenvalue weighted by molar-refractivity contribution is -0.385. The number of halogens is 1. The van der Waals surface area contributed by atoms with E-state index in [9.17, 15) is 29.8 Å². The van der Waals surface area contributed by atoms with Gasteiger partial charge in [-0.2, -0.15) is 0 Å². The van der Waals surface area contributed by atoms with Gasteiger partial charge < -0.3 is 5.32 Å². The summed E-state index contributed by atoms with van der Waals surface area (Å²) in [6, 6.07) is 8.19. The summed E-state index contributed by atoms with van der Waals surface area (Å²) in [6.45, 7) is 1.86. The normalized spacial score (nSPS) is 12.1. The summed E-state index contributed by atoms with van der Waals surface area (Å²) in [6.07, 6.45) is 0. The Labute approximate surface area is 158 Å². The van der Waals surface area contributed by atoms with Crippen molar-refractivity contribution >= 4 is 28.6 Å². The van der Waals surface area contributed by atoms with E-state index in [2.05, 4.69) is 5.32 Å². The van der Waals surface area contributed by atoms with Gasteiger partial charge in [-0.15, -0.1) is 0 Å². The molecule has 0 saturated carbocycles. The summed E-state index contributed by atoms with van der Waals surface area (Å²) in [7, 11) is 0. The van der Waals surface area contributed by atoms with E-state index < -0.39 is 33.1 Å². The molecule has 0 radical (unpaired) electrons. The topological polar surface area (TPSA) is 132 Å². The van der Waals surface area contributed by atoms with E-state index in [1.807, 2.05) is 0 Å². The highest BCUT2D eigenvalue weighted by molar-refractivity contribution is 6.09. The van der Waals surface area contributed by atoms with Gasteiger partial charge in [-0.05, 0) is 43.7 Å². The molecule has 0 aliphatic heterocycles. The van der Waals surface area contributed by atoms with Gasteiger partial charge in [-0.1, -0.05) is 0 Å². The van der Waals surface area contributed by atoms with Crippen molar-refractivity contribution < 1.29 is 23.8 Å². The second-order valence-electron chi connectivity index (χ2n) is 6.05. The first kappa shape index (κ1) is 20.6. The molecule has 0 bridgehead atoms. The van der Waals surface area contributed by atoms with E-state index in [1.54, 1.807) is 0 Å². The molecule has 0 spiro atoms. The molecule has 0 heterocycles. The average molecular weight is 389 g/mol. The molecular formula is C18H16FN3O6. The number of rotatable bonds is 8. The van der Waals surface area contributed by atoms with Crippen LogP contribution in [-0.2, 0) is 9.59 Å². The van der Waals surface area contributed by atoms with Gasteiger partial charge in [-0.25, -0.2) is 4.39 Å². The highest BCUT2D eigenvalue weighted by Gasteiger charge is 2.49. The van der Waals surface area contributed by atoms with Crippen LogP contribution in [0.5, 0.6) is 0 Å². The first-order valence-electron chi connectivity index (χ1n) is 8.03. The van der Waals surface area contributed by atoms with Crippen LogP contribution in [0.3, 0.4) is 0 Å². The van der Waals surface area contributed by atoms with Crippen LogP contribution < -0.4 is 5.32 Å². The molecule has 2 aromatic carbocycles. The Morgan fingerprint density at radius 3 is 1.64 bits per heavy atom. The fraction of sp³-hybridized carbons (Fsp3) is 0.222. The van der Waals surface area contributed by atoms with Crippen LogP contribution in [0.25, 0.3) is 0 Å².